The smallest absolute Gasteiger partial charge is 0.274 e. The summed E-state index contributed by atoms with van der Waals surface area (Å²) in [5.74, 6) is 0.535. The molecule has 0 fully saturated rings. The third kappa shape index (κ3) is 4.39. The number of hydrogen-bond donors (Lipinski definition) is 2. The van der Waals surface area contributed by atoms with Crippen LogP contribution in [0.1, 0.15) is 23.0 Å². The topological polar surface area (TPSA) is 63.2 Å². The van der Waals surface area contributed by atoms with E-state index in [1.54, 1.807) is 12.3 Å². The standard InChI is InChI=1S/C21H21N3O2/c1-3-26-20-10-5-4-9-18(20)23-17-11-12-19(22-14-17)21(25)24-16-8-6-7-15(2)13-16/h4-14,23H,3H2,1-2H3,(H,24,25). The molecule has 0 spiro atoms. The van der Waals surface area contributed by atoms with E-state index in [0.717, 1.165) is 28.4 Å². The Morgan fingerprint density at radius 2 is 1.88 bits per heavy atom. The summed E-state index contributed by atoms with van der Waals surface area (Å²) in [6, 6.07) is 18.9. The number of pyridine rings is 1. The number of aryl methyl sites for hydroxylation is 1. The predicted octanol–water partition coefficient (Wildman–Crippen LogP) is 4.78. The number of nitrogens with one attached hydrogen (secondary N) is 2. The average Bonchev–Trinajstić information content (AvgIpc) is 2.64. The van der Waals surface area contributed by atoms with E-state index in [9.17, 15) is 4.79 Å². The molecule has 2 aromatic carbocycles. The number of hydrogen-bond acceptors (Lipinski definition) is 4. The lowest BCUT2D eigenvalue weighted by atomic mass is 10.2. The Bertz CT molecular complexity index is 892. The maximum atomic E-state index is 12.3. The molecule has 0 aliphatic carbocycles. The molecule has 0 bridgehead atoms. The molecule has 0 unspecified atom stereocenters. The average molecular weight is 347 g/mol. The van der Waals surface area contributed by atoms with E-state index < -0.39 is 0 Å². The van der Waals surface area contributed by atoms with Gasteiger partial charge in [-0.2, -0.15) is 0 Å². The van der Waals surface area contributed by atoms with Crippen LogP contribution in [0.3, 0.4) is 0 Å². The van der Waals surface area contributed by atoms with Crippen LogP contribution in [0.5, 0.6) is 5.75 Å². The van der Waals surface area contributed by atoms with Gasteiger partial charge in [0.15, 0.2) is 0 Å². The van der Waals surface area contributed by atoms with E-state index in [4.69, 9.17) is 4.74 Å². The van der Waals surface area contributed by atoms with Gasteiger partial charge < -0.3 is 15.4 Å². The SMILES string of the molecule is CCOc1ccccc1Nc1ccc(C(=O)Nc2cccc(C)c2)nc1. The van der Waals surface area contributed by atoms with Crippen molar-refractivity contribution in [1.29, 1.82) is 0 Å². The molecule has 0 atom stereocenters. The number of anilines is 3. The van der Waals surface area contributed by atoms with E-state index >= 15 is 0 Å². The Kier molecular flexibility index (Phi) is 5.49. The van der Waals surface area contributed by atoms with Gasteiger partial charge >= 0.3 is 0 Å². The van der Waals surface area contributed by atoms with E-state index in [2.05, 4.69) is 15.6 Å². The molecule has 0 saturated heterocycles. The molecule has 1 heterocycles. The third-order valence-electron chi connectivity index (χ3n) is 3.74. The minimum atomic E-state index is -0.239. The lowest BCUT2D eigenvalue weighted by molar-refractivity contribution is 0.102. The van der Waals surface area contributed by atoms with Crippen LogP contribution >= 0.6 is 0 Å². The normalized spacial score (nSPS) is 10.2. The maximum absolute atomic E-state index is 12.3. The molecule has 3 rings (SSSR count). The number of carbonyl (C=O) groups is 1. The van der Waals surface area contributed by atoms with Crippen molar-refractivity contribution in [2.45, 2.75) is 13.8 Å². The van der Waals surface area contributed by atoms with Gasteiger partial charge in [0, 0.05) is 5.69 Å². The molecule has 5 nitrogen and oxygen atoms in total. The Labute approximate surface area is 153 Å². The number of carbonyl (C=O) groups excluding carboxylic acids is 1. The first kappa shape index (κ1) is 17.5. The lowest BCUT2D eigenvalue weighted by Gasteiger charge is -2.12. The van der Waals surface area contributed by atoms with Crippen molar-refractivity contribution >= 4 is 23.0 Å². The van der Waals surface area contributed by atoms with Crippen LogP contribution < -0.4 is 15.4 Å². The van der Waals surface area contributed by atoms with E-state index in [1.165, 1.54) is 0 Å². The van der Waals surface area contributed by atoms with Crippen LogP contribution in [-0.2, 0) is 0 Å². The molecule has 3 aromatic rings. The van der Waals surface area contributed by atoms with Gasteiger partial charge in [-0.25, -0.2) is 4.98 Å². The summed E-state index contributed by atoms with van der Waals surface area (Å²) in [6.07, 6.45) is 1.63. The van der Waals surface area contributed by atoms with Gasteiger partial charge in [-0.1, -0.05) is 24.3 Å². The second kappa shape index (κ2) is 8.16. The molecule has 0 radical (unpaired) electrons. The summed E-state index contributed by atoms with van der Waals surface area (Å²) in [7, 11) is 0. The Morgan fingerprint density at radius 1 is 1.04 bits per heavy atom. The number of amides is 1. The first-order valence-electron chi connectivity index (χ1n) is 8.48. The Hall–Kier alpha value is -3.34. The third-order valence-corrected chi connectivity index (χ3v) is 3.74. The summed E-state index contributed by atoms with van der Waals surface area (Å²) < 4.78 is 5.60. The number of para-hydroxylation sites is 2. The summed E-state index contributed by atoms with van der Waals surface area (Å²) in [5.41, 5.74) is 3.83. The summed E-state index contributed by atoms with van der Waals surface area (Å²) >= 11 is 0. The zero-order valence-electron chi connectivity index (χ0n) is 14.8. The molecule has 132 valence electrons. The fourth-order valence-corrected chi connectivity index (χ4v) is 2.53. The van der Waals surface area contributed by atoms with Gasteiger partial charge in [0.05, 0.1) is 24.2 Å². The molecule has 0 aliphatic rings. The largest absolute Gasteiger partial charge is 0.492 e. The van der Waals surface area contributed by atoms with E-state index in [0.29, 0.717) is 12.3 Å². The summed E-state index contributed by atoms with van der Waals surface area (Å²) in [4.78, 5) is 16.6. The number of benzene rings is 2. The molecular formula is C21H21N3O2. The highest BCUT2D eigenvalue weighted by atomic mass is 16.5. The van der Waals surface area contributed by atoms with Gasteiger partial charge in [-0.15, -0.1) is 0 Å². The molecular weight excluding hydrogens is 326 g/mol. The van der Waals surface area contributed by atoms with Crippen molar-refractivity contribution in [3.63, 3.8) is 0 Å². The fourth-order valence-electron chi connectivity index (χ4n) is 2.53. The minimum absolute atomic E-state index is 0.239. The van der Waals surface area contributed by atoms with Crippen LogP contribution in [0.2, 0.25) is 0 Å². The van der Waals surface area contributed by atoms with Crippen LogP contribution in [0.25, 0.3) is 0 Å². The number of aromatic nitrogens is 1. The van der Waals surface area contributed by atoms with Crippen molar-refractivity contribution in [2.75, 3.05) is 17.2 Å². The van der Waals surface area contributed by atoms with Gasteiger partial charge in [0.2, 0.25) is 0 Å². The summed E-state index contributed by atoms with van der Waals surface area (Å²) in [5, 5.41) is 6.11. The maximum Gasteiger partial charge on any atom is 0.274 e. The Balaban J connectivity index is 1.69. The minimum Gasteiger partial charge on any atom is -0.492 e. The Morgan fingerprint density at radius 3 is 2.62 bits per heavy atom. The van der Waals surface area contributed by atoms with E-state index in [-0.39, 0.29) is 5.91 Å². The molecule has 5 heteroatoms. The van der Waals surface area contributed by atoms with Crippen molar-refractivity contribution in [3.05, 3.63) is 78.1 Å². The molecule has 1 amide bonds. The van der Waals surface area contributed by atoms with Crippen molar-refractivity contribution in [1.82, 2.24) is 4.98 Å². The van der Waals surface area contributed by atoms with Gasteiger partial charge in [-0.05, 0) is 55.8 Å². The quantitative estimate of drug-likeness (QED) is 0.673. The van der Waals surface area contributed by atoms with Crippen LogP contribution in [-0.4, -0.2) is 17.5 Å². The summed E-state index contributed by atoms with van der Waals surface area (Å²) in [6.45, 7) is 4.52. The number of rotatable bonds is 6. The second-order valence-corrected chi connectivity index (χ2v) is 5.81. The molecule has 1 aromatic heterocycles. The van der Waals surface area contributed by atoms with Crippen LogP contribution in [0.4, 0.5) is 17.1 Å². The first-order valence-corrected chi connectivity index (χ1v) is 8.48. The van der Waals surface area contributed by atoms with Gasteiger partial charge in [0.25, 0.3) is 5.91 Å². The van der Waals surface area contributed by atoms with Crippen molar-refractivity contribution in [3.8, 4) is 5.75 Å². The van der Waals surface area contributed by atoms with Crippen LogP contribution in [0, 0.1) is 6.92 Å². The van der Waals surface area contributed by atoms with Crippen molar-refractivity contribution < 1.29 is 9.53 Å². The fraction of sp³-hybridized carbons (Fsp3) is 0.143. The second-order valence-electron chi connectivity index (χ2n) is 5.81. The van der Waals surface area contributed by atoms with E-state index in [1.807, 2.05) is 68.4 Å². The van der Waals surface area contributed by atoms with Gasteiger partial charge in [-0.3, -0.25) is 4.79 Å². The zero-order chi connectivity index (χ0) is 18.4. The van der Waals surface area contributed by atoms with Gasteiger partial charge in [0.1, 0.15) is 11.4 Å². The number of nitrogens with zero attached hydrogens (tertiary/aromatic N) is 1. The first-order chi connectivity index (χ1) is 12.7. The predicted molar refractivity (Wildman–Crippen MR) is 104 cm³/mol. The lowest BCUT2D eigenvalue weighted by Crippen LogP contribution is -2.13. The highest BCUT2D eigenvalue weighted by molar-refractivity contribution is 6.03. The molecule has 0 saturated carbocycles. The molecule has 0 aliphatic heterocycles. The zero-order valence-corrected chi connectivity index (χ0v) is 14.8. The monoisotopic (exact) mass is 347 g/mol. The number of ether oxygens (including phenoxy) is 1. The highest BCUT2D eigenvalue weighted by Crippen LogP contribution is 2.27. The molecule has 2 N–H and O–H groups in total. The highest BCUT2D eigenvalue weighted by Gasteiger charge is 2.09. The van der Waals surface area contributed by atoms with Crippen molar-refractivity contribution in [2.24, 2.45) is 0 Å². The van der Waals surface area contributed by atoms with Crippen LogP contribution in [0.15, 0.2) is 66.9 Å². The molecule has 26 heavy (non-hydrogen) atoms.